The molecule has 9 nitrogen and oxygen atoms in total. The number of fused-ring (bicyclic) bond motifs is 1. The fourth-order valence-electron chi connectivity index (χ4n) is 4.42. The first kappa shape index (κ1) is 27.4. The first-order valence-corrected chi connectivity index (χ1v) is 13.2. The van der Waals surface area contributed by atoms with Gasteiger partial charge in [0.15, 0.2) is 0 Å². The summed E-state index contributed by atoms with van der Waals surface area (Å²) in [6.45, 7) is 10.2. The molecule has 1 aliphatic heterocycles. The van der Waals surface area contributed by atoms with E-state index in [1.165, 1.54) is 0 Å². The molecule has 0 aliphatic carbocycles. The smallest absolute Gasteiger partial charge is 0.410 e. The summed E-state index contributed by atoms with van der Waals surface area (Å²) in [7, 11) is 5.84. The Morgan fingerprint density at radius 2 is 1.84 bits per heavy atom. The Balaban J connectivity index is 1.49. The number of pyridine rings is 2. The summed E-state index contributed by atoms with van der Waals surface area (Å²) in [4.78, 5) is 28.2. The minimum atomic E-state index is -0.491. The monoisotopic (exact) mass is 520 g/mol. The molecule has 2 aromatic heterocycles. The van der Waals surface area contributed by atoms with Crippen LogP contribution in [0, 0.1) is 0 Å². The number of anilines is 2. The van der Waals surface area contributed by atoms with Crippen molar-refractivity contribution in [3.05, 3.63) is 42.6 Å². The lowest BCUT2D eigenvalue weighted by Gasteiger charge is -2.36. The summed E-state index contributed by atoms with van der Waals surface area (Å²) >= 11 is 0. The normalized spacial score (nSPS) is 14.2. The Morgan fingerprint density at radius 3 is 2.47 bits per heavy atom. The van der Waals surface area contributed by atoms with Gasteiger partial charge in [0.1, 0.15) is 17.2 Å². The summed E-state index contributed by atoms with van der Waals surface area (Å²) in [5.74, 6) is 1.67. The molecule has 3 aromatic rings. The summed E-state index contributed by atoms with van der Waals surface area (Å²) in [5, 5.41) is 4.66. The number of nitrogens with zero attached hydrogens (tertiary/aromatic N) is 5. The fraction of sp³-hybridized carbons (Fsp3) is 0.483. The van der Waals surface area contributed by atoms with E-state index in [0.717, 1.165) is 58.9 Å². The van der Waals surface area contributed by atoms with Gasteiger partial charge in [-0.15, -0.1) is 0 Å². The predicted octanol–water partition coefficient (Wildman–Crippen LogP) is 4.73. The molecule has 3 heterocycles. The van der Waals surface area contributed by atoms with Crippen LogP contribution in [0.3, 0.4) is 0 Å². The van der Waals surface area contributed by atoms with E-state index in [1.54, 1.807) is 12.0 Å². The Morgan fingerprint density at radius 1 is 1.08 bits per heavy atom. The molecule has 0 radical (unpaired) electrons. The number of nitrogens with one attached hydrogen (secondary N) is 1. The van der Waals surface area contributed by atoms with Crippen LogP contribution >= 0.6 is 0 Å². The number of ether oxygens (including phenoxy) is 2. The summed E-state index contributed by atoms with van der Waals surface area (Å²) in [6, 6.07) is 12.2. The molecule has 0 spiro atoms. The van der Waals surface area contributed by atoms with Gasteiger partial charge >= 0.3 is 6.09 Å². The third kappa shape index (κ3) is 7.04. The van der Waals surface area contributed by atoms with Crippen molar-refractivity contribution in [2.45, 2.75) is 32.8 Å². The van der Waals surface area contributed by atoms with E-state index < -0.39 is 5.60 Å². The highest BCUT2D eigenvalue weighted by Crippen LogP contribution is 2.31. The lowest BCUT2D eigenvalue weighted by atomic mass is 10.1. The van der Waals surface area contributed by atoms with Crippen molar-refractivity contribution in [1.29, 1.82) is 0 Å². The van der Waals surface area contributed by atoms with Gasteiger partial charge in [-0.25, -0.2) is 14.8 Å². The first-order chi connectivity index (χ1) is 18.1. The molecule has 0 bridgehead atoms. The van der Waals surface area contributed by atoms with E-state index in [1.807, 2.05) is 45.2 Å². The standard InChI is InChI=1S/C29H40N6O3/c1-29(2,3)38-28(36)35-16-14-34(15-17-35)27-11-8-21(20-31-27)24-19-25(30-12-7-13-33(4)5)23-10-9-22(37-6)18-26(23)32-24/h8-11,18-20H,7,12-17H2,1-6H3,(H,30,32). The van der Waals surface area contributed by atoms with Gasteiger partial charge in [-0.1, -0.05) is 0 Å². The van der Waals surface area contributed by atoms with Gasteiger partial charge in [-0.2, -0.15) is 0 Å². The number of hydrogen-bond donors (Lipinski definition) is 1. The van der Waals surface area contributed by atoms with E-state index in [2.05, 4.69) is 47.4 Å². The van der Waals surface area contributed by atoms with Crippen LogP contribution in [0.4, 0.5) is 16.3 Å². The second kappa shape index (κ2) is 11.9. The number of methoxy groups -OCH3 is 1. The van der Waals surface area contributed by atoms with Crippen molar-refractivity contribution in [3.63, 3.8) is 0 Å². The average Bonchev–Trinajstić information content (AvgIpc) is 2.89. The van der Waals surface area contributed by atoms with Crippen LogP contribution in [-0.2, 0) is 4.74 Å². The highest BCUT2D eigenvalue weighted by atomic mass is 16.6. The largest absolute Gasteiger partial charge is 0.497 e. The second-order valence-electron chi connectivity index (χ2n) is 10.9. The molecule has 0 saturated carbocycles. The van der Waals surface area contributed by atoms with Gasteiger partial charge in [0.2, 0.25) is 0 Å². The molecule has 1 N–H and O–H groups in total. The van der Waals surface area contributed by atoms with Gasteiger partial charge < -0.3 is 29.5 Å². The zero-order valence-corrected chi connectivity index (χ0v) is 23.5. The second-order valence-corrected chi connectivity index (χ2v) is 10.9. The number of benzene rings is 1. The summed E-state index contributed by atoms with van der Waals surface area (Å²) in [6.07, 6.45) is 2.66. The average molecular weight is 521 g/mol. The van der Waals surface area contributed by atoms with Crippen molar-refractivity contribution in [2.75, 3.05) is 70.7 Å². The zero-order valence-electron chi connectivity index (χ0n) is 23.5. The highest BCUT2D eigenvalue weighted by Gasteiger charge is 2.26. The molecule has 1 aromatic carbocycles. The molecule has 1 fully saturated rings. The van der Waals surface area contributed by atoms with E-state index >= 15 is 0 Å². The van der Waals surface area contributed by atoms with Crippen molar-refractivity contribution < 1.29 is 14.3 Å². The Bertz CT molecular complexity index is 1230. The Labute approximate surface area is 225 Å². The van der Waals surface area contributed by atoms with Crippen molar-refractivity contribution in [2.24, 2.45) is 0 Å². The number of piperazine rings is 1. The topological polar surface area (TPSA) is 83.1 Å². The Kier molecular flexibility index (Phi) is 8.56. The van der Waals surface area contributed by atoms with Crippen LogP contribution < -0.4 is 15.0 Å². The van der Waals surface area contributed by atoms with Crippen molar-refractivity contribution in [3.8, 4) is 17.0 Å². The minimum absolute atomic E-state index is 0.259. The first-order valence-electron chi connectivity index (χ1n) is 13.2. The van der Waals surface area contributed by atoms with Crippen molar-refractivity contribution in [1.82, 2.24) is 19.8 Å². The maximum Gasteiger partial charge on any atom is 0.410 e. The maximum absolute atomic E-state index is 12.4. The van der Waals surface area contributed by atoms with Crippen LogP contribution in [0.5, 0.6) is 5.75 Å². The zero-order chi connectivity index (χ0) is 27.3. The third-order valence-electron chi connectivity index (χ3n) is 6.41. The molecule has 204 valence electrons. The predicted molar refractivity (Wildman–Crippen MR) is 153 cm³/mol. The third-order valence-corrected chi connectivity index (χ3v) is 6.41. The van der Waals surface area contributed by atoms with Crippen LogP contribution in [0.25, 0.3) is 22.2 Å². The van der Waals surface area contributed by atoms with Crippen molar-refractivity contribution >= 4 is 28.5 Å². The van der Waals surface area contributed by atoms with E-state index in [-0.39, 0.29) is 6.09 Å². The molecule has 1 aliphatic rings. The van der Waals surface area contributed by atoms with Crippen LogP contribution in [0.1, 0.15) is 27.2 Å². The number of aromatic nitrogens is 2. The SMILES string of the molecule is COc1ccc2c(NCCCN(C)C)cc(-c3ccc(N4CCN(C(=O)OC(C)(C)C)CC4)nc3)nc2c1. The fourth-order valence-corrected chi connectivity index (χ4v) is 4.42. The number of rotatable bonds is 8. The molecular formula is C29H40N6O3. The number of carbonyl (C=O) groups excluding carboxylic acids is 1. The molecular weight excluding hydrogens is 480 g/mol. The molecule has 38 heavy (non-hydrogen) atoms. The molecule has 1 amide bonds. The van der Waals surface area contributed by atoms with Gasteiger partial charge in [0.25, 0.3) is 0 Å². The van der Waals surface area contributed by atoms with Crippen LogP contribution in [0.2, 0.25) is 0 Å². The molecule has 1 saturated heterocycles. The molecule has 0 atom stereocenters. The van der Waals surface area contributed by atoms with E-state index in [9.17, 15) is 4.79 Å². The lowest BCUT2D eigenvalue weighted by Crippen LogP contribution is -2.50. The number of hydrogen-bond acceptors (Lipinski definition) is 8. The number of carbonyl (C=O) groups is 1. The van der Waals surface area contributed by atoms with E-state index in [4.69, 9.17) is 19.4 Å². The lowest BCUT2D eigenvalue weighted by molar-refractivity contribution is 0.0240. The number of amides is 1. The molecule has 4 rings (SSSR count). The highest BCUT2D eigenvalue weighted by molar-refractivity contribution is 5.94. The molecule has 0 unspecified atom stereocenters. The molecule has 9 heteroatoms. The van der Waals surface area contributed by atoms with E-state index in [0.29, 0.717) is 26.2 Å². The van der Waals surface area contributed by atoms with Crippen LogP contribution in [0.15, 0.2) is 42.6 Å². The maximum atomic E-state index is 12.4. The Hall–Kier alpha value is -3.59. The van der Waals surface area contributed by atoms with Gasteiger partial charge in [-0.05, 0) is 78.2 Å². The summed E-state index contributed by atoms with van der Waals surface area (Å²) in [5.41, 5.74) is 3.24. The quantitative estimate of drug-likeness (QED) is 0.427. The van der Waals surface area contributed by atoms with Gasteiger partial charge in [0, 0.05) is 61.6 Å². The van der Waals surface area contributed by atoms with Gasteiger partial charge in [-0.3, -0.25) is 0 Å². The van der Waals surface area contributed by atoms with Gasteiger partial charge in [0.05, 0.1) is 18.3 Å². The summed E-state index contributed by atoms with van der Waals surface area (Å²) < 4.78 is 11.0. The minimum Gasteiger partial charge on any atom is -0.497 e. The van der Waals surface area contributed by atoms with Crippen LogP contribution in [-0.4, -0.2) is 91.9 Å².